The number of hydrogen-bond donors (Lipinski definition) is 2. The summed E-state index contributed by atoms with van der Waals surface area (Å²) in [6.45, 7) is 2.39. The predicted octanol–water partition coefficient (Wildman–Crippen LogP) is 3.08. The lowest BCUT2D eigenvalue weighted by Crippen LogP contribution is -2.29. The monoisotopic (exact) mass is 306 g/mol. The number of halogens is 3. The van der Waals surface area contributed by atoms with E-state index in [0.29, 0.717) is 31.4 Å². The molecule has 1 aromatic carbocycles. The van der Waals surface area contributed by atoms with Crippen LogP contribution in [0, 0.1) is 11.6 Å². The van der Waals surface area contributed by atoms with Crippen LogP contribution in [0.1, 0.15) is 44.2 Å². The number of nitrogens with one attached hydrogen (secondary N) is 1. The minimum Gasteiger partial charge on any atom is -0.349 e. The van der Waals surface area contributed by atoms with Gasteiger partial charge in [-0.3, -0.25) is 4.79 Å². The van der Waals surface area contributed by atoms with Gasteiger partial charge in [0.25, 0.3) is 0 Å². The topological polar surface area (TPSA) is 55.1 Å². The van der Waals surface area contributed by atoms with Gasteiger partial charge < -0.3 is 11.1 Å². The Bertz CT molecular complexity index is 430. The highest BCUT2D eigenvalue weighted by molar-refractivity contribution is 5.85. The van der Waals surface area contributed by atoms with Crippen LogP contribution in [0.15, 0.2) is 18.2 Å². The first kappa shape index (κ1) is 18.8. The van der Waals surface area contributed by atoms with Gasteiger partial charge in [-0.2, -0.15) is 0 Å². The van der Waals surface area contributed by atoms with E-state index in [4.69, 9.17) is 5.73 Å². The Morgan fingerprint density at radius 1 is 1.40 bits per heavy atom. The Morgan fingerprint density at radius 3 is 2.65 bits per heavy atom. The standard InChI is InChI=1S/C14H20F2N2O.ClH/c1-2-4-13(18-14(19)5-3-8-17)11-7-6-10(15)9-12(11)16;/h6-7,9,13H,2-5,8,17H2,1H3,(H,18,19);1H. The second-order valence-electron chi connectivity index (χ2n) is 4.47. The molecule has 0 heterocycles. The summed E-state index contributed by atoms with van der Waals surface area (Å²) in [7, 11) is 0. The fourth-order valence-corrected chi connectivity index (χ4v) is 1.91. The number of benzene rings is 1. The Labute approximate surface area is 124 Å². The van der Waals surface area contributed by atoms with E-state index in [1.165, 1.54) is 12.1 Å². The van der Waals surface area contributed by atoms with Crippen LogP contribution in [0.3, 0.4) is 0 Å². The van der Waals surface area contributed by atoms with E-state index < -0.39 is 17.7 Å². The van der Waals surface area contributed by atoms with E-state index in [1.807, 2.05) is 6.92 Å². The second-order valence-corrected chi connectivity index (χ2v) is 4.47. The average molecular weight is 307 g/mol. The molecule has 114 valence electrons. The molecule has 3 N–H and O–H groups in total. The molecule has 1 atom stereocenters. The van der Waals surface area contributed by atoms with Crippen LogP contribution in [-0.4, -0.2) is 12.5 Å². The number of carbonyl (C=O) groups is 1. The van der Waals surface area contributed by atoms with Crippen LogP contribution in [0.25, 0.3) is 0 Å². The number of hydrogen-bond acceptors (Lipinski definition) is 2. The molecule has 0 aromatic heterocycles. The number of nitrogens with two attached hydrogens (primary N) is 1. The summed E-state index contributed by atoms with van der Waals surface area (Å²) in [4.78, 5) is 11.7. The van der Waals surface area contributed by atoms with Crippen LogP contribution >= 0.6 is 12.4 Å². The van der Waals surface area contributed by atoms with E-state index in [2.05, 4.69) is 5.32 Å². The first-order chi connectivity index (χ1) is 9.08. The maximum atomic E-state index is 13.7. The van der Waals surface area contributed by atoms with Gasteiger partial charge in [0, 0.05) is 18.1 Å². The smallest absolute Gasteiger partial charge is 0.220 e. The van der Waals surface area contributed by atoms with Gasteiger partial charge in [0.15, 0.2) is 0 Å². The molecule has 20 heavy (non-hydrogen) atoms. The molecular weight excluding hydrogens is 286 g/mol. The fraction of sp³-hybridized carbons (Fsp3) is 0.500. The third kappa shape index (κ3) is 5.84. The third-order valence-corrected chi connectivity index (χ3v) is 2.86. The molecule has 3 nitrogen and oxygen atoms in total. The Hall–Kier alpha value is -1.20. The Morgan fingerprint density at radius 2 is 2.10 bits per heavy atom. The van der Waals surface area contributed by atoms with Crippen molar-refractivity contribution in [2.45, 2.75) is 38.6 Å². The molecule has 0 fully saturated rings. The van der Waals surface area contributed by atoms with Gasteiger partial charge in [-0.25, -0.2) is 8.78 Å². The molecule has 1 aromatic rings. The van der Waals surface area contributed by atoms with Crippen molar-refractivity contribution in [3.8, 4) is 0 Å². The van der Waals surface area contributed by atoms with Gasteiger partial charge in [0.1, 0.15) is 11.6 Å². The van der Waals surface area contributed by atoms with Crippen molar-refractivity contribution in [1.29, 1.82) is 0 Å². The largest absolute Gasteiger partial charge is 0.349 e. The first-order valence-electron chi connectivity index (χ1n) is 6.52. The molecule has 0 spiro atoms. The lowest BCUT2D eigenvalue weighted by molar-refractivity contribution is -0.122. The summed E-state index contributed by atoms with van der Waals surface area (Å²) in [6.07, 6.45) is 2.31. The van der Waals surface area contributed by atoms with Crippen LogP contribution in [0.2, 0.25) is 0 Å². The quantitative estimate of drug-likeness (QED) is 0.813. The van der Waals surface area contributed by atoms with Crippen molar-refractivity contribution in [3.05, 3.63) is 35.4 Å². The van der Waals surface area contributed by atoms with E-state index in [1.54, 1.807) is 0 Å². The minimum atomic E-state index is -0.627. The van der Waals surface area contributed by atoms with Crippen molar-refractivity contribution < 1.29 is 13.6 Å². The average Bonchev–Trinajstić information content (AvgIpc) is 2.36. The van der Waals surface area contributed by atoms with Crippen LogP contribution in [0.5, 0.6) is 0 Å². The van der Waals surface area contributed by atoms with Gasteiger partial charge in [0.2, 0.25) is 5.91 Å². The normalized spacial score (nSPS) is 11.6. The zero-order valence-electron chi connectivity index (χ0n) is 11.5. The van der Waals surface area contributed by atoms with Crippen LogP contribution in [0.4, 0.5) is 8.78 Å². The third-order valence-electron chi connectivity index (χ3n) is 2.86. The van der Waals surface area contributed by atoms with Gasteiger partial charge in [-0.15, -0.1) is 12.4 Å². The van der Waals surface area contributed by atoms with Gasteiger partial charge >= 0.3 is 0 Å². The number of carbonyl (C=O) groups excluding carboxylic acids is 1. The molecule has 6 heteroatoms. The molecule has 0 saturated carbocycles. The Kier molecular flexibility index (Phi) is 9.08. The molecule has 1 rings (SSSR count). The lowest BCUT2D eigenvalue weighted by atomic mass is 10.0. The van der Waals surface area contributed by atoms with Crippen molar-refractivity contribution >= 4 is 18.3 Å². The summed E-state index contributed by atoms with van der Waals surface area (Å²) in [5.74, 6) is -1.41. The maximum absolute atomic E-state index is 13.7. The van der Waals surface area contributed by atoms with E-state index in [9.17, 15) is 13.6 Å². The highest BCUT2D eigenvalue weighted by atomic mass is 35.5. The summed E-state index contributed by atoms with van der Waals surface area (Å²) < 4.78 is 26.6. The molecule has 1 amide bonds. The number of rotatable bonds is 7. The van der Waals surface area contributed by atoms with Crippen molar-refractivity contribution in [3.63, 3.8) is 0 Å². The molecule has 0 aliphatic carbocycles. The van der Waals surface area contributed by atoms with Crippen LogP contribution < -0.4 is 11.1 Å². The summed E-state index contributed by atoms with van der Waals surface area (Å²) >= 11 is 0. The zero-order valence-corrected chi connectivity index (χ0v) is 12.3. The van der Waals surface area contributed by atoms with E-state index in [0.717, 1.165) is 12.5 Å². The lowest BCUT2D eigenvalue weighted by Gasteiger charge is -2.19. The second kappa shape index (κ2) is 9.66. The molecule has 0 bridgehead atoms. The van der Waals surface area contributed by atoms with Crippen molar-refractivity contribution in [1.82, 2.24) is 5.32 Å². The molecule has 0 radical (unpaired) electrons. The molecule has 1 unspecified atom stereocenters. The van der Waals surface area contributed by atoms with Gasteiger partial charge in [0.05, 0.1) is 6.04 Å². The highest BCUT2D eigenvalue weighted by Gasteiger charge is 2.17. The fourth-order valence-electron chi connectivity index (χ4n) is 1.91. The van der Waals surface area contributed by atoms with E-state index >= 15 is 0 Å². The highest BCUT2D eigenvalue weighted by Crippen LogP contribution is 2.22. The van der Waals surface area contributed by atoms with E-state index in [-0.39, 0.29) is 18.3 Å². The number of amides is 1. The SMILES string of the molecule is CCCC(NC(=O)CCCN)c1ccc(F)cc1F.Cl. The van der Waals surface area contributed by atoms with Crippen molar-refractivity contribution in [2.24, 2.45) is 5.73 Å². The maximum Gasteiger partial charge on any atom is 0.220 e. The summed E-state index contributed by atoms with van der Waals surface area (Å²) in [5.41, 5.74) is 5.66. The zero-order chi connectivity index (χ0) is 14.3. The van der Waals surface area contributed by atoms with Crippen LogP contribution in [-0.2, 0) is 4.79 Å². The Balaban J connectivity index is 0.00000361. The summed E-state index contributed by atoms with van der Waals surface area (Å²) in [5, 5.41) is 2.77. The minimum absolute atomic E-state index is 0. The summed E-state index contributed by atoms with van der Waals surface area (Å²) in [6, 6.07) is 3.00. The molecule has 0 aliphatic heterocycles. The van der Waals surface area contributed by atoms with Crippen molar-refractivity contribution in [2.75, 3.05) is 6.54 Å². The predicted molar refractivity (Wildman–Crippen MR) is 77.7 cm³/mol. The molecule has 0 aliphatic rings. The van der Waals surface area contributed by atoms with Gasteiger partial charge in [-0.05, 0) is 25.5 Å². The first-order valence-corrected chi connectivity index (χ1v) is 6.52. The van der Waals surface area contributed by atoms with Gasteiger partial charge in [-0.1, -0.05) is 19.4 Å². The molecule has 0 saturated heterocycles. The molecular formula is C14H21ClF2N2O.